The Hall–Kier alpha value is -3.43. The van der Waals surface area contributed by atoms with E-state index in [1.807, 2.05) is 51.1 Å². The first-order valence-corrected chi connectivity index (χ1v) is 9.33. The fourth-order valence-corrected chi connectivity index (χ4v) is 2.43. The molecule has 4 N–H and O–H groups in total. The maximum absolute atomic E-state index is 12.7. The minimum atomic E-state index is -0.406. The number of amides is 1. The summed E-state index contributed by atoms with van der Waals surface area (Å²) < 4.78 is 5.74. The van der Waals surface area contributed by atoms with Crippen molar-refractivity contribution in [3.63, 3.8) is 0 Å². The van der Waals surface area contributed by atoms with Gasteiger partial charge in [0.1, 0.15) is 29.3 Å². The Balaban J connectivity index is 2.15. The van der Waals surface area contributed by atoms with E-state index in [0.717, 1.165) is 5.69 Å². The van der Waals surface area contributed by atoms with Crippen LogP contribution in [0.2, 0.25) is 0 Å². The molecule has 0 atom stereocenters. The molecule has 2 aromatic rings. The third-order valence-corrected chi connectivity index (χ3v) is 3.91. The number of quaternary nitrogens is 1. The van der Waals surface area contributed by atoms with Gasteiger partial charge in [-0.25, -0.2) is 0 Å². The number of anilines is 1. The predicted octanol–water partition coefficient (Wildman–Crippen LogP) is 3.74. The molecular weight excluding hydrogens is 364 g/mol. The zero-order valence-electron chi connectivity index (χ0n) is 17.2. The molecule has 0 aromatic heterocycles. The molecule has 0 unspecified atom stereocenters. The van der Waals surface area contributed by atoms with Crippen LogP contribution in [0.4, 0.5) is 11.4 Å². The zero-order chi connectivity index (χ0) is 21.4. The molecule has 0 saturated carbocycles. The molecule has 0 aliphatic carbocycles. The average Bonchev–Trinajstić information content (AvgIpc) is 2.66. The highest BCUT2D eigenvalue weighted by molar-refractivity contribution is 6.23. The van der Waals surface area contributed by atoms with Crippen LogP contribution in [0.15, 0.2) is 60.3 Å². The average molecular weight is 391 g/mol. The number of rotatable bonds is 7. The summed E-state index contributed by atoms with van der Waals surface area (Å²) in [5.41, 5.74) is 2.13. The first-order valence-electron chi connectivity index (χ1n) is 9.33. The third-order valence-electron chi connectivity index (χ3n) is 3.91. The fraction of sp³-hybridized carbons (Fsp3) is 0.261. The molecule has 6 nitrogen and oxygen atoms in total. The van der Waals surface area contributed by atoms with Gasteiger partial charge in [-0.15, -0.1) is 0 Å². The first-order chi connectivity index (χ1) is 13.7. The van der Waals surface area contributed by atoms with Gasteiger partial charge >= 0.3 is 0 Å². The smallest absolute Gasteiger partial charge is 0.262 e. The number of benzene rings is 2. The number of carbonyl (C=O) groups is 1. The van der Waals surface area contributed by atoms with Crippen molar-refractivity contribution in [2.45, 2.75) is 27.7 Å². The number of carbonyl (C=O) groups excluding carboxylic acids is 1. The van der Waals surface area contributed by atoms with E-state index in [0.29, 0.717) is 23.6 Å². The molecule has 0 aliphatic rings. The number of ether oxygens (including phenoxy) is 1. The van der Waals surface area contributed by atoms with Crippen molar-refractivity contribution in [1.29, 1.82) is 10.7 Å². The summed E-state index contributed by atoms with van der Waals surface area (Å²) >= 11 is 0. The van der Waals surface area contributed by atoms with E-state index in [-0.39, 0.29) is 16.7 Å². The summed E-state index contributed by atoms with van der Waals surface area (Å²) in [6.45, 7) is 8.19. The quantitative estimate of drug-likeness (QED) is 0.380. The SMILES string of the molecule is CC(=N)C(=C[NH2+]c1ccccc1)C(=O)Nc1ccc(OCC(C)(C)C)c(C#N)c1. The molecule has 0 bridgehead atoms. The van der Waals surface area contributed by atoms with Crippen LogP contribution >= 0.6 is 0 Å². The molecule has 0 radical (unpaired) electrons. The largest absolute Gasteiger partial charge is 0.492 e. The van der Waals surface area contributed by atoms with Crippen molar-refractivity contribution in [1.82, 2.24) is 0 Å². The van der Waals surface area contributed by atoms with Gasteiger partial charge in [0.25, 0.3) is 5.91 Å². The molecule has 2 rings (SSSR count). The van der Waals surface area contributed by atoms with E-state index >= 15 is 0 Å². The Labute approximate surface area is 171 Å². The normalized spacial score (nSPS) is 11.5. The molecule has 1 amide bonds. The number of nitrogens with one attached hydrogen (secondary N) is 2. The van der Waals surface area contributed by atoms with Crippen LogP contribution in [0.3, 0.4) is 0 Å². The van der Waals surface area contributed by atoms with Crippen LogP contribution in [0.1, 0.15) is 33.3 Å². The lowest BCUT2D eigenvalue weighted by Crippen LogP contribution is -2.71. The van der Waals surface area contributed by atoms with Gasteiger partial charge in [-0.2, -0.15) is 5.26 Å². The van der Waals surface area contributed by atoms with Crippen molar-refractivity contribution < 1.29 is 14.8 Å². The Morgan fingerprint density at radius 2 is 1.93 bits per heavy atom. The van der Waals surface area contributed by atoms with E-state index in [9.17, 15) is 10.1 Å². The summed E-state index contributed by atoms with van der Waals surface area (Å²) in [6.07, 6.45) is 1.62. The van der Waals surface area contributed by atoms with E-state index in [4.69, 9.17) is 10.1 Å². The minimum Gasteiger partial charge on any atom is -0.492 e. The lowest BCUT2D eigenvalue weighted by Gasteiger charge is -2.19. The lowest BCUT2D eigenvalue weighted by molar-refractivity contribution is -0.496. The maximum Gasteiger partial charge on any atom is 0.262 e. The lowest BCUT2D eigenvalue weighted by atomic mass is 9.98. The number of para-hydroxylation sites is 1. The molecule has 29 heavy (non-hydrogen) atoms. The summed E-state index contributed by atoms with van der Waals surface area (Å²) in [7, 11) is 0. The van der Waals surface area contributed by atoms with Crippen LogP contribution in [-0.2, 0) is 4.79 Å². The summed E-state index contributed by atoms with van der Waals surface area (Å²) in [4.78, 5) is 12.7. The number of hydrogen-bond donors (Lipinski definition) is 3. The number of nitriles is 1. The van der Waals surface area contributed by atoms with Crippen molar-refractivity contribution in [2.24, 2.45) is 5.41 Å². The second-order valence-electron chi connectivity index (χ2n) is 7.91. The Bertz CT molecular complexity index is 951. The summed E-state index contributed by atoms with van der Waals surface area (Å²) in [6, 6.07) is 16.6. The Morgan fingerprint density at radius 3 is 2.52 bits per heavy atom. The van der Waals surface area contributed by atoms with E-state index in [2.05, 4.69) is 11.4 Å². The highest BCUT2D eigenvalue weighted by atomic mass is 16.5. The second kappa shape index (κ2) is 9.67. The van der Waals surface area contributed by atoms with Gasteiger partial charge in [-0.3, -0.25) is 10.1 Å². The predicted molar refractivity (Wildman–Crippen MR) is 114 cm³/mol. The second-order valence-corrected chi connectivity index (χ2v) is 7.91. The molecule has 0 spiro atoms. The van der Waals surface area contributed by atoms with Gasteiger partial charge < -0.3 is 15.5 Å². The molecular formula is C23H27N4O2+. The monoisotopic (exact) mass is 391 g/mol. The molecule has 0 heterocycles. The highest BCUT2D eigenvalue weighted by Gasteiger charge is 2.16. The van der Waals surface area contributed by atoms with Gasteiger partial charge in [0.15, 0.2) is 0 Å². The van der Waals surface area contributed by atoms with E-state index < -0.39 is 5.91 Å². The molecule has 0 fully saturated rings. The van der Waals surface area contributed by atoms with Crippen LogP contribution in [0.25, 0.3) is 0 Å². The standard InChI is InChI=1S/C23H26N4O2/c1-16(25)20(14-26-18-8-6-5-7-9-18)22(28)27-19-10-11-21(17(12-19)13-24)29-15-23(2,3)4/h5-12,14,25-26H,15H2,1-4H3,(H,27,28)/p+1. The zero-order valence-corrected chi connectivity index (χ0v) is 17.2. The van der Waals surface area contributed by atoms with E-state index in [1.165, 1.54) is 0 Å². The molecule has 0 aliphatic heterocycles. The minimum absolute atomic E-state index is 0.0317. The van der Waals surface area contributed by atoms with Crippen LogP contribution < -0.4 is 15.4 Å². The molecule has 150 valence electrons. The Morgan fingerprint density at radius 1 is 1.24 bits per heavy atom. The van der Waals surface area contributed by atoms with Gasteiger partial charge in [0.2, 0.25) is 0 Å². The van der Waals surface area contributed by atoms with Crippen LogP contribution in [0, 0.1) is 22.2 Å². The van der Waals surface area contributed by atoms with Crippen molar-refractivity contribution in [2.75, 3.05) is 11.9 Å². The van der Waals surface area contributed by atoms with Gasteiger partial charge in [-0.05, 0) is 42.7 Å². The Kier molecular flexibility index (Phi) is 7.29. The molecule has 2 aromatic carbocycles. The third kappa shape index (κ3) is 6.91. The highest BCUT2D eigenvalue weighted by Crippen LogP contribution is 2.25. The molecule has 6 heteroatoms. The van der Waals surface area contributed by atoms with Gasteiger partial charge in [0, 0.05) is 11.4 Å². The van der Waals surface area contributed by atoms with Gasteiger partial charge in [-0.1, -0.05) is 39.0 Å². The molecule has 0 saturated heterocycles. The van der Waals surface area contributed by atoms with Crippen LogP contribution in [-0.4, -0.2) is 18.2 Å². The first kappa shape index (κ1) is 21.9. The van der Waals surface area contributed by atoms with Crippen molar-refractivity contribution >= 4 is 23.0 Å². The summed E-state index contributed by atoms with van der Waals surface area (Å²) in [5, 5.41) is 21.9. The van der Waals surface area contributed by atoms with Crippen molar-refractivity contribution in [3.8, 4) is 11.8 Å². The van der Waals surface area contributed by atoms with Gasteiger partial charge in [0.05, 0.1) is 12.2 Å². The number of nitrogens with zero attached hydrogens (tertiary/aromatic N) is 1. The van der Waals surface area contributed by atoms with E-state index in [1.54, 1.807) is 36.6 Å². The van der Waals surface area contributed by atoms with Crippen molar-refractivity contribution in [3.05, 3.63) is 65.9 Å². The number of nitrogens with two attached hydrogens (primary N) is 1. The topological polar surface area (TPSA) is 103 Å². The fourth-order valence-electron chi connectivity index (χ4n) is 2.43. The summed E-state index contributed by atoms with van der Waals surface area (Å²) in [5.74, 6) is 0.0776. The van der Waals surface area contributed by atoms with Crippen LogP contribution in [0.5, 0.6) is 5.75 Å². The maximum atomic E-state index is 12.7. The number of hydrogen-bond acceptors (Lipinski definition) is 4.